The molecule has 0 aliphatic rings. The molecule has 214 valence electrons. The van der Waals surface area contributed by atoms with Crippen molar-refractivity contribution in [2.45, 2.75) is 0 Å². The van der Waals surface area contributed by atoms with E-state index in [4.69, 9.17) is 0 Å². The summed E-state index contributed by atoms with van der Waals surface area (Å²) in [7, 11) is 0. The molecule has 0 nitrogen and oxygen atoms in total. The summed E-state index contributed by atoms with van der Waals surface area (Å²) in [6.45, 7) is 0. The van der Waals surface area contributed by atoms with Crippen LogP contribution in [0.5, 0.6) is 0 Å². The number of rotatable bonds is 4. The Hall–Kier alpha value is -5.98. The highest BCUT2D eigenvalue weighted by atomic mass is 14.2. The minimum Gasteiger partial charge on any atom is -0.0622 e. The molecule has 46 heavy (non-hydrogen) atoms. The van der Waals surface area contributed by atoms with E-state index in [1.807, 2.05) is 0 Å². The van der Waals surface area contributed by atoms with Crippen LogP contribution in [0.1, 0.15) is 0 Å². The summed E-state index contributed by atoms with van der Waals surface area (Å²) in [4.78, 5) is 0. The summed E-state index contributed by atoms with van der Waals surface area (Å²) >= 11 is 0. The first-order valence-electron chi connectivity index (χ1n) is 16.0. The standard InChI is InChI=1S/C46H30/c1-3-16-31(17-4-1)34-21-9-10-23-37(34)45-38-24-11-13-26-40(38)46(41-27-14-12-25-39(41)45)43-30-33-20-7-8-22-36(33)44-35(28-15-29-42(43)44)32-18-5-2-6-19-32/h1-30H. The van der Waals surface area contributed by atoms with Crippen molar-refractivity contribution in [2.24, 2.45) is 0 Å². The fraction of sp³-hybridized carbons (Fsp3) is 0. The van der Waals surface area contributed by atoms with Crippen LogP contribution in [0.2, 0.25) is 0 Å². The summed E-state index contributed by atoms with van der Waals surface area (Å²) in [6, 6.07) is 66.5. The van der Waals surface area contributed by atoms with Gasteiger partial charge in [0.15, 0.2) is 0 Å². The molecule has 0 heteroatoms. The van der Waals surface area contributed by atoms with Gasteiger partial charge < -0.3 is 0 Å². The fourth-order valence-corrected chi connectivity index (χ4v) is 7.50. The van der Waals surface area contributed by atoms with E-state index in [1.54, 1.807) is 0 Å². The van der Waals surface area contributed by atoms with Crippen molar-refractivity contribution in [1.82, 2.24) is 0 Å². The minimum atomic E-state index is 1.23. The maximum Gasteiger partial charge on any atom is -0.00199 e. The molecule has 9 aromatic rings. The predicted octanol–water partition coefficient (Wildman–Crippen LogP) is 13.0. The van der Waals surface area contributed by atoms with Crippen LogP contribution < -0.4 is 0 Å². The van der Waals surface area contributed by atoms with Crippen LogP contribution >= 0.6 is 0 Å². The van der Waals surface area contributed by atoms with Gasteiger partial charge in [-0.05, 0) is 93.7 Å². The summed E-state index contributed by atoms with van der Waals surface area (Å²) in [5.41, 5.74) is 10.1. The number of benzene rings is 9. The average Bonchev–Trinajstić information content (AvgIpc) is 3.14. The molecular formula is C46H30. The molecule has 0 aliphatic heterocycles. The van der Waals surface area contributed by atoms with Gasteiger partial charge in [0.1, 0.15) is 0 Å². The van der Waals surface area contributed by atoms with E-state index < -0.39 is 0 Å². The molecule has 0 unspecified atom stereocenters. The Balaban J connectivity index is 1.44. The van der Waals surface area contributed by atoms with Crippen LogP contribution in [0.15, 0.2) is 182 Å². The van der Waals surface area contributed by atoms with Crippen LogP contribution in [-0.4, -0.2) is 0 Å². The van der Waals surface area contributed by atoms with E-state index in [1.165, 1.54) is 87.6 Å². The Morgan fingerprint density at radius 1 is 0.239 bits per heavy atom. The topological polar surface area (TPSA) is 0 Å². The van der Waals surface area contributed by atoms with Gasteiger partial charge in [-0.25, -0.2) is 0 Å². The zero-order valence-corrected chi connectivity index (χ0v) is 25.3. The lowest BCUT2D eigenvalue weighted by atomic mass is 9.81. The maximum absolute atomic E-state index is 2.41. The maximum atomic E-state index is 2.41. The quantitative estimate of drug-likeness (QED) is 0.143. The molecular weight excluding hydrogens is 553 g/mol. The second-order valence-corrected chi connectivity index (χ2v) is 12.0. The van der Waals surface area contributed by atoms with Crippen molar-refractivity contribution in [3.05, 3.63) is 182 Å². The second-order valence-electron chi connectivity index (χ2n) is 12.0. The van der Waals surface area contributed by atoms with Crippen molar-refractivity contribution in [1.29, 1.82) is 0 Å². The second kappa shape index (κ2) is 10.9. The van der Waals surface area contributed by atoms with E-state index in [0.717, 1.165) is 0 Å². The van der Waals surface area contributed by atoms with Crippen LogP contribution in [-0.2, 0) is 0 Å². The van der Waals surface area contributed by atoms with Gasteiger partial charge in [-0.1, -0.05) is 176 Å². The van der Waals surface area contributed by atoms with Gasteiger partial charge in [-0.15, -0.1) is 0 Å². The van der Waals surface area contributed by atoms with E-state index in [-0.39, 0.29) is 0 Å². The van der Waals surface area contributed by atoms with E-state index in [9.17, 15) is 0 Å². The Morgan fingerprint density at radius 2 is 0.652 bits per heavy atom. The fourth-order valence-electron chi connectivity index (χ4n) is 7.50. The highest BCUT2D eigenvalue weighted by Gasteiger charge is 2.21. The molecule has 0 fully saturated rings. The Bertz CT molecular complexity index is 2500. The smallest absolute Gasteiger partial charge is 0.00199 e. The zero-order valence-electron chi connectivity index (χ0n) is 25.3. The molecule has 0 saturated heterocycles. The summed E-state index contributed by atoms with van der Waals surface area (Å²) in [5, 5.41) is 10.2. The Labute approximate surface area is 268 Å². The first-order valence-corrected chi connectivity index (χ1v) is 16.0. The van der Waals surface area contributed by atoms with Gasteiger partial charge in [0.05, 0.1) is 0 Å². The molecule has 0 N–H and O–H groups in total. The van der Waals surface area contributed by atoms with Gasteiger partial charge >= 0.3 is 0 Å². The van der Waals surface area contributed by atoms with Gasteiger partial charge in [0, 0.05) is 0 Å². The first kappa shape index (κ1) is 26.4. The SMILES string of the molecule is c1ccc(-c2ccccc2-c2c3ccccc3c(-c3cc4ccccc4c4c(-c5ccccc5)cccc34)c3ccccc23)cc1. The first-order chi connectivity index (χ1) is 22.9. The van der Waals surface area contributed by atoms with E-state index in [2.05, 4.69) is 182 Å². The summed E-state index contributed by atoms with van der Waals surface area (Å²) < 4.78 is 0. The van der Waals surface area contributed by atoms with Crippen molar-refractivity contribution in [3.63, 3.8) is 0 Å². The number of hydrogen-bond donors (Lipinski definition) is 0. The molecule has 0 heterocycles. The third-order valence-electron chi connectivity index (χ3n) is 9.45. The molecule has 0 aromatic heterocycles. The van der Waals surface area contributed by atoms with E-state index >= 15 is 0 Å². The van der Waals surface area contributed by atoms with Crippen molar-refractivity contribution < 1.29 is 0 Å². The Kier molecular flexibility index (Phi) is 6.25. The largest absolute Gasteiger partial charge is 0.0622 e. The highest BCUT2D eigenvalue weighted by molar-refractivity contribution is 6.27. The van der Waals surface area contributed by atoms with Crippen LogP contribution in [0.25, 0.3) is 87.6 Å². The lowest BCUT2D eigenvalue weighted by molar-refractivity contribution is 1.61. The van der Waals surface area contributed by atoms with Crippen molar-refractivity contribution in [3.8, 4) is 44.5 Å². The molecule has 0 bridgehead atoms. The van der Waals surface area contributed by atoms with Gasteiger partial charge in [0.2, 0.25) is 0 Å². The summed E-state index contributed by atoms with van der Waals surface area (Å²) in [5.74, 6) is 0. The third-order valence-corrected chi connectivity index (χ3v) is 9.45. The van der Waals surface area contributed by atoms with Crippen molar-refractivity contribution in [2.75, 3.05) is 0 Å². The molecule has 0 saturated carbocycles. The van der Waals surface area contributed by atoms with Crippen LogP contribution in [0, 0.1) is 0 Å². The van der Waals surface area contributed by atoms with Crippen molar-refractivity contribution >= 4 is 43.1 Å². The minimum absolute atomic E-state index is 1.23. The van der Waals surface area contributed by atoms with Crippen LogP contribution in [0.3, 0.4) is 0 Å². The molecule has 0 radical (unpaired) electrons. The molecule has 9 rings (SSSR count). The lowest BCUT2D eigenvalue weighted by Crippen LogP contribution is -1.94. The third kappa shape index (κ3) is 4.15. The molecule has 0 atom stereocenters. The number of hydrogen-bond acceptors (Lipinski definition) is 0. The van der Waals surface area contributed by atoms with Gasteiger partial charge in [-0.2, -0.15) is 0 Å². The molecule has 0 amide bonds. The molecule has 9 aromatic carbocycles. The number of fused-ring (bicyclic) bond motifs is 5. The normalized spacial score (nSPS) is 11.5. The molecule has 0 aliphatic carbocycles. The molecule has 0 spiro atoms. The summed E-state index contributed by atoms with van der Waals surface area (Å²) in [6.07, 6.45) is 0. The lowest BCUT2D eigenvalue weighted by Gasteiger charge is -2.21. The highest BCUT2D eigenvalue weighted by Crippen LogP contribution is 2.49. The Morgan fingerprint density at radius 3 is 1.26 bits per heavy atom. The predicted molar refractivity (Wildman–Crippen MR) is 198 cm³/mol. The van der Waals surface area contributed by atoms with Gasteiger partial charge in [0.25, 0.3) is 0 Å². The van der Waals surface area contributed by atoms with Crippen LogP contribution in [0.4, 0.5) is 0 Å². The van der Waals surface area contributed by atoms with E-state index in [0.29, 0.717) is 0 Å². The average molecular weight is 583 g/mol. The zero-order chi connectivity index (χ0) is 30.5. The van der Waals surface area contributed by atoms with Gasteiger partial charge in [-0.3, -0.25) is 0 Å². The monoisotopic (exact) mass is 582 g/mol.